The van der Waals surface area contributed by atoms with E-state index in [0.29, 0.717) is 35.8 Å². The summed E-state index contributed by atoms with van der Waals surface area (Å²) in [5.74, 6) is 1.19. The van der Waals surface area contributed by atoms with Gasteiger partial charge in [0.05, 0.1) is 30.9 Å². The van der Waals surface area contributed by atoms with Crippen molar-refractivity contribution in [2.45, 2.75) is 39.7 Å². The van der Waals surface area contributed by atoms with E-state index in [1.807, 2.05) is 31.2 Å². The van der Waals surface area contributed by atoms with Gasteiger partial charge < -0.3 is 14.8 Å². The number of carbonyl (C=O) groups excluding carboxylic acids is 1. The number of hydrogen-bond donors (Lipinski definition) is 1. The van der Waals surface area contributed by atoms with Gasteiger partial charge >= 0.3 is 0 Å². The Morgan fingerprint density at radius 3 is 2.44 bits per heavy atom. The van der Waals surface area contributed by atoms with Gasteiger partial charge in [0.2, 0.25) is 0 Å². The largest absolute Gasteiger partial charge is 0.490 e. The Morgan fingerprint density at radius 2 is 1.78 bits per heavy atom. The molecule has 2 rings (SSSR count). The lowest BCUT2D eigenvalue weighted by molar-refractivity contribution is 0.0939. The van der Waals surface area contributed by atoms with Crippen molar-refractivity contribution in [1.82, 2.24) is 5.32 Å². The predicted molar refractivity (Wildman–Crippen MR) is 105 cm³/mol. The zero-order valence-corrected chi connectivity index (χ0v) is 16.1. The van der Waals surface area contributed by atoms with E-state index in [-0.39, 0.29) is 11.9 Å². The molecule has 0 aliphatic heterocycles. The van der Waals surface area contributed by atoms with E-state index in [1.54, 1.807) is 24.3 Å². The van der Waals surface area contributed by atoms with E-state index >= 15 is 0 Å². The van der Waals surface area contributed by atoms with Crippen molar-refractivity contribution < 1.29 is 14.3 Å². The lowest BCUT2D eigenvalue weighted by atomic mass is 10.1. The van der Waals surface area contributed by atoms with Crippen LogP contribution in [0.5, 0.6) is 11.5 Å². The number of ether oxygens (including phenoxy) is 2. The minimum atomic E-state index is -0.220. The van der Waals surface area contributed by atoms with E-state index in [1.165, 1.54) is 0 Å². The minimum Gasteiger partial charge on any atom is -0.490 e. The van der Waals surface area contributed by atoms with Crippen molar-refractivity contribution >= 4 is 5.91 Å². The average Bonchev–Trinajstić information content (AvgIpc) is 2.70. The smallest absolute Gasteiger partial charge is 0.251 e. The molecule has 1 N–H and O–H groups in total. The Labute approximate surface area is 160 Å². The molecule has 0 saturated carbocycles. The monoisotopic (exact) mass is 366 g/mol. The molecule has 1 unspecified atom stereocenters. The molecule has 0 bridgehead atoms. The Balaban J connectivity index is 2.15. The Morgan fingerprint density at radius 1 is 1.07 bits per heavy atom. The molecule has 1 amide bonds. The number of nitrogens with one attached hydrogen (secondary N) is 1. The number of hydrogen-bond acceptors (Lipinski definition) is 4. The maximum atomic E-state index is 12.5. The van der Waals surface area contributed by atoms with Crippen LogP contribution in [0.2, 0.25) is 0 Å². The first-order valence-electron chi connectivity index (χ1n) is 9.29. The van der Waals surface area contributed by atoms with Crippen molar-refractivity contribution in [1.29, 1.82) is 5.26 Å². The van der Waals surface area contributed by atoms with Crippen molar-refractivity contribution in [3.63, 3.8) is 0 Å². The highest BCUT2D eigenvalue weighted by Gasteiger charge is 2.15. The van der Waals surface area contributed by atoms with Crippen LogP contribution in [0.15, 0.2) is 42.5 Å². The maximum absolute atomic E-state index is 12.5. The molecule has 1 atom stereocenters. The number of rotatable bonds is 9. The van der Waals surface area contributed by atoms with E-state index in [9.17, 15) is 4.79 Å². The summed E-state index contributed by atoms with van der Waals surface area (Å²) in [5, 5.41) is 12.0. The van der Waals surface area contributed by atoms with Crippen LogP contribution >= 0.6 is 0 Å². The first-order valence-corrected chi connectivity index (χ1v) is 9.29. The van der Waals surface area contributed by atoms with Crippen LogP contribution in [0.4, 0.5) is 0 Å². The van der Waals surface area contributed by atoms with Gasteiger partial charge in [0.15, 0.2) is 11.5 Å². The highest BCUT2D eigenvalue weighted by atomic mass is 16.5. The van der Waals surface area contributed by atoms with Gasteiger partial charge in [0.1, 0.15) is 0 Å². The molecule has 5 nitrogen and oxygen atoms in total. The first-order chi connectivity index (χ1) is 13.1. The molecule has 0 radical (unpaired) electrons. The second-order valence-electron chi connectivity index (χ2n) is 6.29. The fraction of sp³-hybridized carbons (Fsp3) is 0.364. The van der Waals surface area contributed by atoms with Gasteiger partial charge in [-0.3, -0.25) is 4.79 Å². The molecule has 0 heterocycles. The summed E-state index contributed by atoms with van der Waals surface area (Å²) in [7, 11) is 0. The van der Waals surface area contributed by atoms with Gasteiger partial charge in [-0.25, -0.2) is 0 Å². The quantitative estimate of drug-likeness (QED) is 0.702. The van der Waals surface area contributed by atoms with E-state index in [0.717, 1.165) is 18.4 Å². The van der Waals surface area contributed by atoms with Gasteiger partial charge in [-0.1, -0.05) is 26.0 Å². The van der Waals surface area contributed by atoms with E-state index in [4.69, 9.17) is 14.7 Å². The van der Waals surface area contributed by atoms with Crippen LogP contribution in [0.3, 0.4) is 0 Å². The normalized spacial score (nSPS) is 11.3. The van der Waals surface area contributed by atoms with E-state index in [2.05, 4.69) is 19.2 Å². The summed E-state index contributed by atoms with van der Waals surface area (Å²) in [4.78, 5) is 12.5. The predicted octanol–water partition coefficient (Wildman–Crippen LogP) is 4.63. The standard InChI is InChI=1S/C22H26N2O3/c1-4-11-26-20-10-9-18(14-21(20)27-12-5-2)16(3)24-22(25)19-8-6-7-17(13-19)15-23/h6-10,13-14,16H,4-5,11-12H2,1-3H3,(H,24,25). The fourth-order valence-electron chi connectivity index (χ4n) is 2.54. The molecule has 0 fully saturated rings. The van der Waals surface area contributed by atoms with Gasteiger partial charge in [-0.2, -0.15) is 5.26 Å². The molecule has 142 valence electrons. The second kappa shape index (κ2) is 10.2. The highest BCUT2D eigenvalue weighted by Crippen LogP contribution is 2.31. The number of nitriles is 1. The van der Waals surface area contributed by atoms with E-state index < -0.39 is 0 Å². The number of benzene rings is 2. The lowest BCUT2D eigenvalue weighted by Gasteiger charge is -2.18. The minimum absolute atomic E-state index is 0.215. The molecule has 0 spiro atoms. The van der Waals surface area contributed by atoms with Crippen molar-refractivity contribution in [3.05, 3.63) is 59.2 Å². The van der Waals surface area contributed by atoms with Crippen LogP contribution in [-0.4, -0.2) is 19.1 Å². The molecule has 0 saturated heterocycles. The Kier molecular flexibility index (Phi) is 7.69. The summed E-state index contributed by atoms with van der Waals surface area (Å²) >= 11 is 0. The summed E-state index contributed by atoms with van der Waals surface area (Å²) in [6, 6.07) is 14.2. The van der Waals surface area contributed by atoms with Crippen molar-refractivity contribution in [3.8, 4) is 17.6 Å². The fourth-order valence-corrected chi connectivity index (χ4v) is 2.54. The van der Waals surface area contributed by atoms with Crippen LogP contribution < -0.4 is 14.8 Å². The summed E-state index contributed by atoms with van der Waals surface area (Å²) in [6.45, 7) is 7.25. The van der Waals surface area contributed by atoms with Crippen LogP contribution in [0.1, 0.15) is 61.1 Å². The van der Waals surface area contributed by atoms with Crippen molar-refractivity contribution in [2.75, 3.05) is 13.2 Å². The SMILES string of the molecule is CCCOc1ccc(C(C)NC(=O)c2cccc(C#N)c2)cc1OCCC. The molecule has 0 aliphatic rings. The molecular formula is C22H26N2O3. The van der Waals surface area contributed by atoms with Gasteiger partial charge in [-0.15, -0.1) is 0 Å². The Hall–Kier alpha value is -3.00. The lowest BCUT2D eigenvalue weighted by Crippen LogP contribution is -2.26. The summed E-state index contributed by atoms with van der Waals surface area (Å²) in [5.41, 5.74) is 1.85. The zero-order chi connectivity index (χ0) is 19.6. The zero-order valence-electron chi connectivity index (χ0n) is 16.1. The number of carbonyl (C=O) groups is 1. The summed E-state index contributed by atoms with van der Waals surface area (Å²) in [6.07, 6.45) is 1.82. The molecule has 2 aromatic carbocycles. The molecule has 27 heavy (non-hydrogen) atoms. The van der Waals surface area contributed by atoms with Crippen molar-refractivity contribution in [2.24, 2.45) is 0 Å². The van der Waals surface area contributed by atoms with Crippen LogP contribution in [-0.2, 0) is 0 Å². The third-order valence-corrected chi connectivity index (χ3v) is 3.99. The highest BCUT2D eigenvalue weighted by molar-refractivity contribution is 5.94. The number of amides is 1. The third kappa shape index (κ3) is 5.75. The van der Waals surface area contributed by atoms with Gasteiger partial charge in [0, 0.05) is 5.56 Å². The Bertz CT molecular complexity index is 811. The van der Waals surface area contributed by atoms with Crippen LogP contribution in [0.25, 0.3) is 0 Å². The van der Waals surface area contributed by atoms with Gasteiger partial charge in [-0.05, 0) is 55.7 Å². The molecular weight excluding hydrogens is 340 g/mol. The topological polar surface area (TPSA) is 71.3 Å². The first kappa shape index (κ1) is 20.3. The third-order valence-electron chi connectivity index (χ3n) is 3.99. The van der Waals surface area contributed by atoms with Gasteiger partial charge in [0.25, 0.3) is 5.91 Å². The molecule has 2 aromatic rings. The summed E-state index contributed by atoms with van der Waals surface area (Å²) < 4.78 is 11.6. The second-order valence-corrected chi connectivity index (χ2v) is 6.29. The molecule has 0 aromatic heterocycles. The maximum Gasteiger partial charge on any atom is 0.251 e. The van der Waals surface area contributed by atoms with Crippen LogP contribution in [0, 0.1) is 11.3 Å². The average molecular weight is 366 g/mol. The number of nitrogens with zero attached hydrogens (tertiary/aromatic N) is 1. The molecule has 5 heteroatoms. The molecule has 0 aliphatic carbocycles.